The van der Waals surface area contributed by atoms with Crippen LogP contribution in [-0.4, -0.2) is 23.4 Å². The van der Waals surface area contributed by atoms with Crippen LogP contribution in [0.2, 0.25) is 0 Å². The van der Waals surface area contributed by atoms with Gasteiger partial charge in [-0.2, -0.15) is 5.26 Å². The number of likely N-dealkylation sites (tertiary alicyclic amines) is 1. The molecule has 2 aromatic rings. The largest absolute Gasteiger partial charge is 0.371 e. The van der Waals surface area contributed by atoms with Crippen LogP contribution in [-0.2, 0) is 11.3 Å². The van der Waals surface area contributed by atoms with E-state index >= 15 is 0 Å². The third kappa shape index (κ3) is 3.35. The van der Waals surface area contributed by atoms with Crippen LogP contribution in [0.25, 0.3) is 0 Å². The normalized spacial score (nSPS) is 17.0. The van der Waals surface area contributed by atoms with Gasteiger partial charge in [-0.1, -0.05) is 12.1 Å². The summed E-state index contributed by atoms with van der Waals surface area (Å²) in [5.74, 6) is -0.996. The van der Waals surface area contributed by atoms with E-state index in [9.17, 15) is 13.6 Å². The van der Waals surface area contributed by atoms with E-state index in [2.05, 4.69) is 5.32 Å². The molecule has 1 heterocycles. The second-order valence-electron chi connectivity index (χ2n) is 5.68. The molecule has 1 N–H and O–H groups in total. The second-order valence-corrected chi connectivity index (χ2v) is 5.68. The average Bonchev–Trinajstić information content (AvgIpc) is 2.92. The second kappa shape index (κ2) is 6.67. The van der Waals surface area contributed by atoms with E-state index in [0.29, 0.717) is 19.5 Å². The van der Waals surface area contributed by atoms with E-state index in [4.69, 9.17) is 5.26 Å². The third-order valence-electron chi connectivity index (χ3n) is 4.01. The van der Waals surface area contributed by atoms with Gasteiger partial charge in [0.2, 0.25) is 5.91 Å². The van der Waals surface area contributed by atoms with E-state index in [1.54, 1.807) is 17.0 Å². The molecule has 1 amide bonds. The van der Waals surface area contributed by atoms with Crippen LogP contribution in [0, 0.1) is 23.0 Å². The molecule has 1 atom stereocenters. The summed E-state index contributed by atoms with van der Waals surface area (Å²) in [6.45, 7) is 0.943. The molecule has 1 saturated heterocycles. The van der Waals surface area contributed by atoms with Crippen molar-refractivity contribution in [2.75, 3.05) is 11.9 Å². The monoisotopic (exact) mass is 327 g/mol. The number of benzene rings is 2. The van der Waals surface area contributed by atoms with Gasteiger partial charge in [-0.15, -0.1) is 0 Å². The lowest BCUT2D eigenvalue weighted by molar-refractivity contribution is -0.128. The minimum atomic E-state index is -0.557. The van der Waals surface area contributed by atoms with Gasteiger partial charge in [0.25, 0.3) is 0 Å². The van der Waals surface area contributed by atoms with Crippen LogP contribution in [0.15, 0.2) is 42.5 Å². The lowest BCUT2D eigenvalue weighted by Gasteiger charge is -2.18. The number of nitrogens with zero attached hydrogens (tertiary/aromatic N) is 2. The van der Waals surface area contributed by atoms with Gasteiger partial charge in [-0.05, 0) is 42.3 Å². The topological polar surface area (TPSA) is 56.1 Å². The van der Waals surface area contributed by atoms with Crippen molar-refractivity contribution in [2.45, 2.75) is 19.0 Å². The van der Waals surface area contributed by atoms with Crippen molar-refractivity contribution in [1.29, 1.82) is 5.26 Å². The summed E-state index contributed by atoms with van der Waals surface area (Å²) in [6, 6.07) is 11.5. The smallest absolute Gasteiger partial charge is 0.245 e. The first kappa shape index (κ1) is 15.9. The van der Waals surface area contributed by atoms with Crippen molar-refractivity contribution < 1.29 is 13.6 Å². The number of nitrogens with one attached hydrogen (secondary N) is 1. The number of hydrogen-bond donors (Lipinski definition) is 1. The first-order chi connectivity index (χ1) is 11.6. The molecule has 0 spiro atoms. The number of halogens is 2. The molecule has 1 unspecified atom stereocenters. The van der Waals surface area contributed by atoms with E-state index in [1.165, 1.54) is 24.3 Å². The molecule has 0 radical (unpaired) electrons. The van der Waals surface area contributed by atoms with Gasteiger partial charge in [0.05, 0.1) is 17.3 Å². The van der Waals surface area contributed by atoms with Crippen LogP contribution in [0.3, 0.4) is 0 Å². The average molecular weight is 327 g/mol. The fourth-order valence-electron chi connectivity index (χ4n) is 2.73. The molecule has 0 bridgehead atoms. The summed E-state index contributed by atoms with van der Waals surface area (Å²) < 4.78 is 26.9. The lowest BCUT2D eigenvalue weighted by Crippen LogP contribution is -2.33. The zero-order valence-electron chi connectivity index (χ0n) is 12.8. The van der Waals surface area contributed by atoms with E-state index < -0.39 is 11.9 Å². The molecule has 24 heavy (non-hydrogen) atoms. The van der Waals surface area contributed by atoms with Crippen molar-refractivity contribution in [3.05, 3.63) is 65.2 Å². The lowest BCUT2D eigenvalue weighted by atomic mass is 10.2. The van der Waals surface area contributed by atoms with Gasteiger partial charge in [-0.3, -0.25) is 4.79 Å². The highest BCUT2D eigenvalue weighted by Crippen LogP contribution is 2.22. The molecule has 3 rings (SSSR count). The maximum Gasteiger partial charge on any atom is 0.245 e. The number of rotatable bonds is 4. The standard InChI is InChI=1S/C18H15F2N3O/c19-14-4-1-12(2-5-14)11-23-8-7-17(18(23)24)22-16-6-3-13(10-21)9-15(16)20/h1-6,9,17,22H,7-8,11H2. The molecule has 2 aromatic carbocycles. The Morgan fingerprint density at radius 2 is 1.96 bits per heavy atom. The SMILES string of the molecule is N#Cc1ccc(NC2CCN(Cc3ccc(F)cc3)C2=O)c(F)c1. The summed E-state index contributed by atoms with van der Waals surface area (Å²) in [4.78, 5) is 14.1. The molecular weight excluding hydrogens is 312 g/mol. The maximum absolute atomic E-state index is 13.9. The Morgan fingerprint density at radius 1 is 1.21 bits per heavy atom. The van der Waals surface area contributed by atoms with Crippen molar-refractivity contribution in [3.8, 4) is 6.07 Å². The van der Waals surface area contributed by atoms with E-state index in [-0.39, 0.29) is 23.0 Å². The molecular formula is C18H15F2N3O. The van der Waals surface area contributed by atoms with Gasteiger partial charge < -0.3 is 10.2 Å². The Balaban J connectivity index is 1.66. The Kier molecular flexibility index (Phi) is 4.43. The summed E-state index contributed by atoms with van der Waals surface area (Å²) in [7, 11) is 0. The number of carbonyl (C=O) groups excluding carboxylic acids is 1. The molecule has 0 aliphatic carbocycles. The van der Waals surface area contributed by atoms with Crippen molar-refractivity contribution in [1.82, 2.24) is 4.90 Å². The predicted octanol–water partition coefficient (Wildman–Crippen LogP) is 3.05. The number of anilines is 1. The van der Waals surface area contributed by atoms with Crippen LogP contribution < -0.4 is 5.32 Å². The number of amides is 1. The fourth-order valence-corrected chi connectivity index (χ4v) is 2.73. The van der Waals surface area contributed by atoms with E-state index in [0.717, 1.165) is 11.6 Å². The number of carbonyl (C=O) groups is 1. The Bertz CT molecular complexity index is 799. The van der Waals surface area contributed by atoms with Crippen molar-refractivity contribution in [3.63, 3.8) is 0 Å². The molecule has 0 saturated carbocycles. The highest BCUT2D eigenvalue weighted by Gasteiger charge is 2.31. The van der Waals surface area contributed by atoms with Crippen LogP contribution in [0.5, 0.6) is 0 Å². The predicted molar refractivity (Wildman–Crippen MR) is 85.0 cm³/mol. The zero-order chi connectivity index (χ0) is 17.1. The molecule has 4 nitrogen and oxygen atoms in total. The van der Waals surface area contributed by atoms with Crippen LogP contribution in [0.4, 0.5) is 14.5 Å². The van der Waals surface area contributed by atoms with Crippen LogP contribution >= 0.6 is 0 Å². The Hall–Kier alpha value is -2.94. The molecule has 1 aliphatic rings. The van der Waals surface area contributed by atoms with Crippen molar-refractivity contribution in [2.24, 2.45) is 0 Å². The summed E-state index contributed by atoms with van der Waals surface area (Å²) in [6.07, 6.45) is 0.555. The summed E-state index contributed by atoms with van der Waals surface area (Å²) >= 11 is 0. The Labute approximate surface area is 138 Å². The fraction of sp³-hybridized carbons (Fsp3) is 0.222. The minimum absolute atomic E-state index is 0.122. The third-order valence-corrected chi connectivity index (χ3v) is 4.01. The zero-order valence-corrected chi connectivity index (χ0v) is 12.8. The highest BCUT2D eigenvalue weighted by atomic mass is 19.1. The quantitative estimate of drug-likeness (QED) is 0.939. The molecule has 122 valence electrons. The van der Waals surface area contributed by atoms with Gasteiger partial charge >= 0.3 is 0 Å². The minimum Gasteiger partial charge on any atom is -0.371 e. The molecule has 0 aromatic heterocycles. The molecule has 1 aliphatic heterocycles. The van der Waals surface area contributed by atoms with Gasteiger partial charge in [-0.25, -0.2) is 8.78 Å². The maximum atomic E-state index is 13.9. The molecule has 6 heteroatoms. The first-order valence-corrected chi connectivity index (χ1v) is 7.56. The Morgan fingerprint density at radius 3 is 2.62 bits per heavy atom. The first-order valence-electron chi connectivity index (χ1n) is 7.56. The summed E-state index contributed by atoms with van der Waals surface area (Å²) in [5.41, 5.74) is 1.28. The van der Waals surface area contributed by atoms with Crippen molar-refractivity contribution >= 4 is 11.6 Å². The number of hydrogen-bond acceptors (Lipinski definition) is 3. The highest BCUT2D eigenvalue weighted by molar-refractivity contribution is 5.86. The summed E-state index contributed by atoms with van der Waals surface area (Å²) in [5, 5.41) is 11.6. The number of nitriles is 1. The van der Waals surface area contributed by atoms with Gasteiger partial charge in [0, 0.05) is 13.1 Å². The molecule has 1 fully saturated rings. The van der Waals surface area contributed by atoms with E-state index in [1.807, 2.05) is 6.07 Å². The van der Waals surface area contributed by atoms with Gasteiger partial charge in [0.15, 0.2) is 0 Å². The van der Waals surface area contributed by atoms with Crippen LogP contribution in [0.1, 0.15) is 17.5 Å². The van der Waals surface area contributed by atoms with Gasteiger partial charge in [0.1, 0.15) is 17.7 Å².